The van der Waals surface area contributed by atoms with Gasteiger partial charge >= 0.3 is 0 Å². The first-order valence-electron chi connectivity index (χ1n) is 6.88. The number of benzene rings is 1. The van der Waals surface area contributed by atoms with Crippen molar-refractivity contribution in [1.29, 1.82) is 0 Å². The van der Waals surface area contributed by atoms with Crippen LogP contribution >= 0.6 is 15.9 Å². The van der Waals surface area contributed by atoms with Crippen LogP contribution in [0.25, 0.3) is 0 Å². The van der Waals surface area contributed by atoms with Gasteiger partial charge in [0, 0.05) is 28.5 Å². The molecule has 21 heavy (non-hydrogen) atoms. The topological polar surface area (TPSA) is 24.9 Å². The van der Waals surface area contributed by atoms with Crippen LogP contribution in [0.4, 0.5) is 8.78 Å². The minimum atomic E-state index is -0.817. The molecule has 112 valence electrons. The Hall–Kier alpha value is -1.33. The molecule has 0 aliphatic rings. The zero-order chi connectivity index (χ0) is 15.2. The maximum Gasteiger partial charge on any atom is 0.163 e. The summed E-state index contributed by atoms with van der Waals surface area (Å²) < 4.78 is 28.3. The zero-order valence-corrected chi connectivity index (χ0v) is 13.3. The van der Waals surface area contributed by atoms with E-state index in [-0.39, 0.29) is 6.04 Å². The molecular formula is C16H17BrF2N2. The summed E-state index contributed by atoms with van der Waals surface area (Å²) in [5, 5.41) is 3.27. The fourth-order valence-corrected chi connectivity index (χ4v) is 2.62. The van der Waals surface area contributed by atoms with Crippen LogP contribution < -0.4 is 5.32 Å². The summed E-state index contributed by atoms with van der Waals surface area (Å²) in [5.41, 5.74) is 1.31. The molecule has 1 heterocycles. The molecule has 0 spiro atoms. The van der Waals surface area contributed by atoms with E-state index >= 15 is 0 Å². The molecule has 0 aliphatic heterocycles. The Morgan fingerprint density at radius 3 is 2.81 bits per heavy atom. The summed E-state index contributed by atoms with van der Waals surface area (Å²) in [6.45, 7) is 2.77. The zero-order valence-electron chi connectivity index (χ0n) is 11.7. The van der Waals surface area contributed by atoms with Crippen molar-refractivity contribution in [3.8, 4) is 0 Å². The van der Waals surface area contributed by atoms with E-state index in [0.29, 0.717) is 12.0 Å². The maximum absolute atomic E-state index is 14.0. The molecule has 1 N–H and O–H groups in total. The van der Waals surface area contributed by atoms with Crippen molar-refractivity contribution in [2.75, 3.05) is 6.54 Å². The van der Waals surface area contributed by atoms with Gasteiger partial charge in [0.2, 0.25) is 0 Å². The molecule has 1 aromatic carbocycles. The fraction of sp³-hybridized carbons (Fsp3) is 0.312. The van der Waals surface area contributed by atoms with Gasteiger partial charge in [-0.3, -0.25) is 4.98 Å². The maximum atomic E-state index is 14.0. The molecule has 0 amide bonds. The first-order chi connectivity index (χ1) is 10.1. The van der Waals surface area contributed by atoms with E-state index in [9.17, 15) is 8.78 Å². The summed E-state index contributed by atoms with van der Waals surface area (Å²) in [6.07, 6.45) is 4.90. The molecule has 0 saturated heterocycles. The Morgan fingerprint density at radius 1 is 1.29 bits per heavy atom. The average Bonchev–Trinajstić information content (AvgIpc) is 2.47. The van der Waals surface area contributed by atoms with Crippen LogP contribution in [-0.4, -0.2) is 11.5 Å². The van der Waals surface area contributed by atoms with Gasteiger partial charge in [-0.1, -0.05) is 19.1 Å². The Morgan fingerprint density at radius 2 is 2.10 bits per heavy atom. The number of hydrogen-bond donors (Lipinski definition) is 1. The molecule has 1 aromatic heterocycles. The van der Waals surface area contributed by atoms with Crippen molar-refractivity contribution in [1.82, 2.24) is 10.3 Å². The van der Waals surface area contributed by atoms with Crippen LogP contribution in [0.2, 0.25) is 0 Å². The molecule has 1 atom stereocenters. The van der Waals surface area contributed by atoms with Crippen LogP contribution in [0.5, 0.6) is 0 Å². The molecular weight excluding hydrogens is 338 g/mol. The second-order valence-electron chi connectivity index (χ2n) is 4.87. The smallest absolute Gasteiger partial charge is 0.163 e. The highest BCUT2D eigenvalue weighted by atomic mass is 79.9. The molecule has 0 radical (unpaired) electrons. The van der Waals surface area contributed by atoms with E-state index in [4.69, 9.17) is 0 Å². The molecule has 2 aromatic rings. The van der Waals surface area contributed by atoms with Crippen molar-refractivity contribution in [3.63, 3.8) is 0 Å². The van der Waals surface area contributed by atoms with E-state index in [0.717, 1.165) is 29.1 Å². The second-order valence-corrected chi connectivity index (χ2v) is 5.78. The Balaban J connectivity index is 2.27. The van der Waals surface area contributed by atoms with Gasteiger partial charge in [0.15, 0.2) is 11.6 Å². The highest BCUT2D eigenvalue weighted by Gasteiger charge is 2.18. The van der Waals surface area contributed by atoms with Crippen LogP contribution in [-0.2, 0) is 6.42 Å². The minimum Gasteiger partial charge on any atom is -0.310 e. The molecule has 0 saturated carbocycles. The number of hydrogen-bond acceptors (Lipinski definition) is 2. The molecule has 2 nitrogen and oxygen atoms in total. The average molecular weight is 355 g/mol. The van der Waals surface area contributed by atoms with Gasteiger partial charge in [-0.2, -0.15) is 0 Å². The van der Waals surface area contributed by atoms with Crippen molar-refractivity contribution in [2.24, 2.45) is 0 Å². The number of nitrogens with one attached hydrogen (secondary N) is 1. The predicted octanol–water partition coefficient (Wildman–Crippen LogP) is 4.41. The SMILES string of the molecule is CCCNC(Cc1cncc(Br)c1)c1cccc(F)c1F. The molecule has 1 unspecified atom stereocenters. The third-order valence-electron chi connectivity index (χ3n) is 3.20. The Labute approximate surface area is 131 Å². The summed E-state index contributed by atoms with van der Waals surface area (Å²) in [7, 11) is 0. The summed E-state index contributed by atoms with van der Waals surface area (Å²) in [6, 6.07) is 5.95. The van der Waals surface area contributed by atoms with Gasteiger partial charge in [0.25, 0.3) is 0 Å². The lowest BCUT2D eigenvalue weighted by Gasteiger charge is -2.20. The highest BCUT2D eigenvalue weighted by Crippen LogP contribution is 2.23. The number of nitrogens with zero attached hydrogens (tertiary/aromatic N) is 1. The van der Waals surface area contributed by atoms with Crippen molar-refractivity contribution < 1.29 is 8.78 Å². The normalized spacial score (nSPS) is 12.4. The van der Waals surface area contributed by atoms with Crippen LogP contribution in [0, 0.1) is 11.6 Å². The van der Waals surface area contributed by atoms with E-state index in [1.54, 1.807) is 18.5 Å². The van der Waals surface area contributed by atoms with Crippen molar-refractivity contribution >= 4 is 15.9 Å². The number of rotatable bonds is 6. The predicted molar refractivity (Wildman–Crippen MR) is 83.0 cm³/mol. The third kappa shape index (κ3) is 4.32. The molecule has 0 bridgehead atoms. The molecule has 0 aliphatic carbocycles. The Kier molecular flexibility index (Phi) is 5.82. The number of pyridine rings is 1. The Bertz CT molecular complexity index is 605. The van der Waals surface area contributed by atoms with Crippen molar-refractivity contribution in [3.05, 3.63) is 63.9 Å². The van der Waals surface area contributed by atoms with Crippen LogP contribution in [0.15, 0.2) is 41.1 Å². The lowest BCUT2D eigenvalue weighted by molar-refractivity contribution is 0.459. The first-order valence-corrected chi connectivity index (χ1v) is 7.67. The van der Waals surface area contributed by atoms with Gasteiger partial charge in [-0.05, 0) is 53.0 Å². The summed E-state index contributed by atoms with van der Waals surface area (Å²) in [4.78, 5) is 4.11. The van der Waals surface area contributed by atoms with E-state index < -0.39 is 11.6 Å². The number of aromatic nitrogens is 1. The van der Waals surface area contributed by atoms with E-state index in [2.05, 4.69) is 26.2 Å². The van der Waals surface area contributed by atoms with Gasteiger partial charge in [0.1, 0.15) is 0 Å². The fourth-order valence-electron chi connectivity index (χ4n) is 2.20. The molecule has 0 fully saturated rings. The van der Waals surface area contributed by atoms with E-state index in [1.165, 1.54) is 6.07 Å². The highest BCUT2D eigenvalue weighted by molar-refractivity contribution is 9.10. The summed E-state index contributed by atoms with van der Waals surface area (Å²) in [5.74, 6) is -1.60. The van der Waals surface area contributed by atoms with Gasteiger partial charge in [0.05, 0.1) is 0 Å². The summed E-state index contributed by atoms with van der Waals surface area (Å²) >= 11 is 3.37. The standard InChI is InChI=1S/C16H17BrF2N2/c1-2-6-21-15(8-11-7-12(17)10-20-9-11)13-4-3-5-14(18)16(13)19/h3-5,7,9-10,15,21H,2,6,8H2,1H3. The lowest BCUT2D eigenvalue weighted by Crippen LogP contribution is -2.25. The molecule has 2 rings (SSSR count). The second kappa shape index (κ2) is 7.61. The monoisotopic (exact) mass is 354 g/mol. The van der Waals surface area contributed by atoms with Gasteiger partial charge in [-0.15, -0.1) is 0 Å². The van der Waals surface area contributed by atoms with Gasteiger partial charge < -0.3 is 5.32 Å². The molecule has 5 heteroatoms. The van der Waals surface area contributed by atoms with Crippen LogP contribution in [0.3, 0.4) is 0 Å². The largest absolute Gasteiger partial charge is 0.310 e. The van der Waals surface area contributed by atoms with Crippen LogP contribution in [0.1, 0.15) is 30.5 Å². The number of halogens is 3. The third-order valence-corrected chi connectivity index (χ3v) is 3.63. The van der Waals surface area contributed by atoms with Gasteiger partial charge in [-0.25, -0.2) is 8.78 Å². The minimum absolute atomic E-state index is 0.281. The van der Waals surface area contributed by atoms with Crippen molar-refractivity contribution in [2.45, 2.75) is 25.8 Å². The first kappa shape index (κ1) is 16.0. The lowest BCUT2D eigenvalue weighted by atomic mass is 9.99. The quantitative estimate of drug-likeness (QED) is 0.831. The van der Waals surface area contributed by atoms with E-state index in [1.807, 2.05) is 13.0 Å².